The molecule has 1 amide bonds. The first-order chi connectivity index (χ1) is 15.5. The Morgan fingerprint density at radius 3 is 2.72 bits per heavy atom. The van der Waals surface area contributed by atoms with Crippen molar-refractivity contribution in [3.63, 3.8) is 0 Å². The average Bonchev–Trinajstić information content (AvgIpc) is 3.20. The number of nitrogens with zero attached hydrogens (tertiary/aromatic N) is 2. The summed E-state index contributed by atoms with van der Waals surface area (Å²) in [5.74, 6) is 1.11. The van der Waals surface area contributed by atoms with E-state index in [-0.39, 0.29) is 29.3 Å². The van der Waals surface area contributed by atoms with Gasteiger partial charge in [0.25, 0.3) is 0 Å². The first-order valence-electron chi connectivity index (χ1n) is 12.0. The van der Waals surface area contributed by atoms with Crippen LogP contribution in [0.3, 0.4) is 0 Å². The van der Waals surface area contributed by atoms with Crippen LogP contribution in [0, 0.1) is 29.0 Å². The number of benzene rings is 1. The van der Waals surface area contributed by atoms with Gasteiger partial charge in [0.2, 0.25) is 5.91 Å². The molecule has 2 N–H and O–H groups in total. The van der Waals surface area contributed by atoms with E-state index >= 15 is 0 Å². The maximum atomic E-state index is 14.0. The normalized spacial score (nSPS) is 35.3. The molecule has 1 saturated heterocycles. The maximum Gasteiger partial charge on any atom is 0.226 e. The van der Waals surface area contributed by atoms with Crippen LogP contribution in [-0.2, 0) is 4.79 Å². The maximum absolute atomic E-state index is 14.0. The van der Waals surface area contributed by atoms with Gasteiger partial charge in [0.15, 0.2) is 0 Å². The number of halogens is 1. The van der Waals surface area contributed by atoms with E-state index in [1.807, 2.05) is 24.3 Å². The number of anilines is 1. The summed E-state index contributed by atoms with van der Waals surface area (Å²) in [6.07, 6.45) is 8.48. The highest BCUT2D eigenvalue weighted by Crippen LogP contribution is 2.64. The molecule has 6 atom stereocenters. The Kier molecular flexibility index (Phi) is 4.75. The first kappa shape index (κ1) is 20.2. The number of pyridine rings is 1. The lowest BCUT2D eigenvalue weighted by molar-refractivity contribution is -0.136. The van der Waals surface area contributed by atoms with Gasteiger partial charge in [-0.25, -0.2) is 4.39 Å². The number of hydrogen-bond donors (Lipinski definition) is 2. The molecule has 5 fully saturated rings. The standard InChI is InChI=1S/C26H30FN3O2/c27-23-14-28-8-7-21(23)16-3-5-20(6-4-16)30-9-1-2-19(15-30)29-25(32)26-11-17-10-18(12-26)24(31)22(17)13-26/h3-8,14,17-19,22,24,31H,1-2,9-13,15H2,(H,29,32)/t17?,18?,19-,22?,24?,26?/m0/s1. The van der Waals surface area contributed by atoms with Crippen LogP contribution in [0.25, 0.3) is 11.1 Å². The minimum atomic E-state index is -0.317. The molecule has 1 aromatic heterocycles. The van der Waals surface area contributed by atoms with Crippen molar-refractivity contribution in [1.29, 1.82) is 0 Å². The van der Waals surface area contributed by atoms with Gasteiger partial charge in [-0.3, -0.25) is 9.78 Å². The molecule has 32 heavy (non-hydrogen) atoms. The molecule has 5 aliphatic rings. The Balaban J connectivity index is 1.12. The topological polar surface area (TPSA) is 65.5 Å². The number of carbonyl (C=O) groups is 1. The van der Waals surface area contributed by atoms with Gasteiger partial charge in [0, 0.05) is 36.6 Å². The van der Waals surface area contributed by atoms with Crippen molar-refractivity contribution in [2.75, 3.05) is 18.0 Å². The van der Waals surface area contributed by atoms with E-state index in [0.29, 0.717) is 23.3 Å². The largest absolute Gasteiger partial charge is 0.393 e. The van der Waals surface area contributed by atoms with Crippen LogP contribution in [0.5, 0.6) is 0 Å². The van der Waals surface area contributed by atoms with Crippen molar-refractivity contribution in [2.24, 2.45) is 23.2 Å². The molecule has 0 spiro atoms. The van der Waals surface area contributed by atoms with Crippen molar-refractivity contribution in [3.05, 3.63) is 48.5 Å². The molecule has 7 rings (SSSR count). The SMILES string of the molecule is O=C(N[C@H]1CCCN(c2ccc(-c3ccncc3F)cc2)C1)C12CC3CC(C1)C(C2)C3O. The van der Waals surface area contributed by atoms with Crippen molar-refractivity contribution < 1.29 is 14.3 Å². The molecule has 6 heteroatoms. The third-order valence-electron chi connectivity index (χ3n) is 8.62. The van der Waals surface area contributed by atoms with Gasteiger partial charge in [-0.05, 0) is 80.0 Å². The zero-order valence-electron chi connectivity index (χ0n) is 18.2. The summed E-state index contributed by atoms with van der Waals surface area (Å²) in [5, 5.41) is 13.8. The molecule has 2 heterocycles. The summed E-state index contributed by atoms with van der Waals surface area (Å²) in [6, 6.07) is 9.81. The van der Waals surface area contributed by atoms with E-state index in [4.69, 9.17) is 0 Å². The van der Waals surface area contributed by atoms with Crippen LogP contribution in [0.15, 0.2) is 42.7 Å². The highest BCUT2D eigenvalue weighted by molar-refractivity contribution is 5.84. The van der Waals surface area contributed by atoms with Crippen molar-refractivity contribution in [3.8, 4) is 11.1 Å². The highest BCUT2D eigenvalue weighted by atomic mass is 19.1. The van der Waals surface area contributed by atoms with E-state index in [2.05, 4.69) is 15.2 Å². The number of piperidine rings is 1. The summed E-state index contributed by atoms with van der Waals surface area (Å²) >= 11 is 0. The van der Waals surface area contributed by atoms with Crippen molar-refractivity contribution in [1.82, 2.24) is 10.3 Å². The van der Waals surface area contributed by atoms with E-state index in [9.17, 15) is 14.3 Å². The minimum Gasteiger partial charge on any atom is -0.393 e. The van der Waals surface area contributed by atoms with E-state index < -0.39 is 0 Å². The lowest BCUT2D eigenvalue weighted by Gasteiger charge is -2.41. The van der Waals surface area contributed by atoms with Crippen LogP contribution in [0.1, 0.15) is 38.5 Å². The lowest BCUT2D eigenvalue weighted by atomic mass is 9.68. The summed E-state index contributed by atoms with van der Waals surface area (Å²) in [6.45, 7) is 1.75. The molecular weight excluding hydrogens is 405 g/mol. The molecule has 0 radical (unpaired) electrons. The average molecular weight is 436 g/mol. The number of carbonyl (C=O) groups excluding carboxylic acids is 1. The van der Waals surface area contributed by atoms with Crippen LogP contribution >= 0.6 is 0 Å². The number of aliphatic hydroxyl groups excluding tert-OH is 1. The molecule has 1 aromatic carbocycles. The van der Waals surface area contributed by atoms with Gasteiger partial charge in [-0.1, -0.05) is 12.1 Å². The number of nitrogens with one attached hydrogen (secondary N) is 1. The number of aromatic nitrogens is 1. The van der Waals surface area contributed by atoms with Crippen LogP contribution in [0.4, 0.5) is 10.1 Å². The van der Waals surface area contributed by atoms with Gasteiger partial charge < -0.3 is 15.3 Å². The Hall–Kier alpha value is -2.47. The predicted molar refractivity (Wildman–Crippen MR) is 120 cm³/mol. The lowest BCUT2D eigenvalue weighted by Crippen LogP contribution is -2.53. The predicted octanol–water partition coefficient (Wildman–Crippen LogP) is 3.77. The highest BCUT2D eigenvalue weighted by Gasteiger charge is 2.63. The fraction of sp³-hybridized carbons (Fsp3) is 0.538. The van der Waals surface area contributed by atoms with Crippen LogP contribution < -0.4 is 10.2 Å². The van der Waals surface area contributed by atoms with Gasteiger partial charge in [-0.2, -0.15) is 0 Å². The van der Waals surface area contributed by atoms with Gasteiger partial charge in [0.05, 0.1) is 17.7 Å². The molecule has 5 unspecified atom stereocenters. The second-order valence-corrected chi connectivity index (χ2v) is 10.5. The van der Waals surface area contributed by atoms with E-state index in [1.165, 1.54) is 6.20 Å². The van der Waals surface area contributed by atoms with E-state index in [1.54, 1.807) is 12.3 Å². The molecule has 4 saturated carbocycles. The Bertz CT molecular complexity index is 1020. The van der Waals surface area contributed by atoms with Gasteiger partial charge in [-0.15, -0.1) is 0 Å². The second kappa shape index (κ2) is 7.55. The molecule has 4 bridgehead atoms. The Labute approximate surface area is 188 Å². The van der Waals surface area contributed by atoms with Gasteiger partial charge >= 0.3 is 0 Å². The van der Waals surface area contributed by atoms with Crippen LogP contribution in [0.2, 0.25) is 0 Å². The zero-order chi connectivity index (χ0) is 21.9. The Morgan fingerprint density at radius 2 is 1.97 bits per heavy atom. The molecule has 1 aliphatic heterocycles. The van der Waals surface area contributed by atoms with E-state index in [0.717, 1.165) is 62.9 Å². The first-order valence-corrected chi connectivity index (χ1v) is 12.0. The second-order valence-electron chi connectivity index (χ2n) is 10.5. The minimum absolute atomic E-state index is 0.144. The third kappa shape index (κ3) is 3.22. The van der Waals surface area contributed by atoms with Crippen molar-refractivity contribution in [2.45, 2.75) is 50.7 Å². The molecular formula is C26H30FN3O2. The summed E-state index contributed by atoms with van der Waals surface area (Å²) in [7, 11) is 0. The smallest absolute Gasteiger partial charge is 0.226 e. The number of hydrogen-bond acceptors (Lipinski definition) is 4. The number of amides is 1. The summed E-state index contributed by atoms with van der Waals surface area (Å²) in [4.78, 5) is 19.5. The van der Waals surface area contributed by atoms with Crippen molar-refractivity contribution >= 4 is 11.6 Å². The zero-order valence-corrected chi connectivity index (χ0v) is 18.2. The molecule has 5 nitrogen and oxygen atoms in total. The monoisotopic (exact) mass is 435 g/mol. The molecule has 4 aliphatic carbocycles. The van der Waals surface area contributed by atoms with Gasteiger partial charge in [0.1, 0.15) is 5.82 Å². The van der Waals surface area contributed by atoms with Crippen LogP contribution in [-0.4, -0.2) is 41.2 Å². The molecule has 2 aromatic rings. The number of rotatable bonds is 4. The fourth-order valence-electron chi connectivity index (χ4n) is 7.17. The molecule has 168 valence electrons. The quantitative estimate of drug-likeness (QED) is 0.767. The number of aliphatic hydroxyl groups is 1. The Morgan fingerprint density at radius 1 is 1.16 bits per heavy atom. The summed E-state index contributed by atoms with van der Waals surface area (Å²) < 4.78 is 14.0. The third-order valence-corrected chi connectivity index (χ3v) is 8.62. The fourth-order valence-corrected chi connectivity index (χ4v) is 7.17. The summed E-state index contributed by atoms with van der Waals surface area (Å²) in [5.41, 5.74) is 2.25.